The van der Waals surface area contributed by atoms with E-state index in [1.807, 2.05) is 0 Å². The van der Waals surface area contributed by atoms with Crippen LogP contribution in [0.4, 0.5) is 0 Å². The Hall–Kier alpha value is -1.75. The van der Waals surface area contributed by atoms with E-state index < -0.39 is 0 Å². The van der Waals surface area contributed by atoms with Crippen molar-refractivity contribution in [3.63, 3.8) is 0 Å². The summed E-state index contributed by atoms with van der Waals surface area (Å²) in [5.74, 6) is 0.902. The maximum Gasteiger partial charge on any atom is 0.259 e. The van der Waals surface area contributed by atoms with E-state index in [-0.39, 0.29) is 11.9 Å². The summed E-state index contributed by atoms with van der Waals surface area (Å²) in [6.45, 7) is 2.95. The molecule has 1 amide bonds. The topological polar surface area (TPSA) is 59.6 Å². The Morgan fingerprint density at radius 2 is 1.90 bits per heavy atom. The SMILES string of the molecule is COc1cccc(OC)c1C(=O)NC1CCC(C)NC1. The van der Waals surface area contributed by atoms with Gasteiger partial charge in [0, 0.05) is 18.6 Å². The zero-order valence-electron chi connectivity index (χ0n) is 12.2. The van der Waals surface area contributed by atoms with Crippen molar-refractivity contribution in [3.05, 3.63) is 23.8 Å². The lowest BCUT2D eigenvalue weighted by Crippen LogP contribution is -2.48. The maximum atomic E-state index is 12.5. The van der Waals surface area contributed by atoms with Gasteiger partial charge in [0.05, 0.1) is 14.2 Å². The van der Waals surface area contributed by atoms with Gasteiger partial charge in [-0.05, 0) is 31.9 Å². The van der Waals surface area contributed by atoms with Crippen molar-refractivity contribution < 1.29 is 14.3 Å². The second-order valence-electron chi connectivity index (χ2n) is 5.09. The van der Waals surface area contributed by atoms with Crippen molar-refractivity contribution in [2.45, 2.75) is 31.8 Å². The second kappa shape index (κ2) is 6.61. The van der Waals surface area contributed by atoms with Crippen molar-refractivity contribution in [3.8, 4) is 11.5 Å². The van der Waals surface area contributed by atoms with Gasteiger partial charge in [-0.15, -0.1) is 0 Å². The fourth-order valence-corrected chi connectivity index (χ4v) is 2.45. The standard InChI is InChI=1S/C15H22N2O3/c1-10-7-8-11(9-16-10)17-15(18)14-12(19-2)5-4-6-13(14)20-3/h4-6,10-11,16H,7-9H2,1-3H3,(H,17,18). The third-order valence-corrected chi connectivity index (χ3v) is 3.65. The first-order chi connectivity index (χ1) is 9.65. The van der Waals surface area contributed by atoms with E-state index in [1.165, 1.54) is 0 Å². The van der Waals surface area contributed by atoms with Gasteiger partial charge in [-0.25, -0.2) is 0 Å². The molecule has 0 aliphatic carbocycles. The van der Waals surface area contributed by atoms with Crippen molar-refractivity contribution >= 4 is 5.91 Å². The number of hydrogen-bond donors (Lipinski definition) is 2. The highest BCUT2D eigenvalue weighted by Crippen LogP contribution is 2.28. The highest BCUT2D eigenvalue weighted by Gasteiger charge is 2.23. The molecule has 110 valence electrons. The molecule has 1 aliphatic heterocycles. The second-order valence-corrected chi connectivity index (χ2v) is 5.09. The van der Waals surface area contributed by atoms with Crippen LogP contribution in [0, 0.1) is 0 Å². The minimum Gasteiger partial charge on any atom is -0.496 e. The van der Waals surface area contributed by atoms with E-state index in [0.717, 1.165) is 19.4 Å². The molecule has 1 aromatic rings. The lowest BCUT2D eigenvalue weighted by atomic mass is 10.0. The summed E-state index contributed by atoms with van der Waals surface area (Å²) in [5.41, 5.74) is 0.455. The lowest BCUT2D eigenvalue weighted by Gasteiger charge is -2.28. The Balaban J connectivity index is 2.12. The first-order valence-corrected chi connectivity index (χ1v) is 6.91. The smallest absolute Gasteiger partial charge is 0.259 e. The molecule has 0 bridgehead atoms. The fourth-order valence-electron chi connectivity index (χ4n) is 2.45. The average Bonchev–Trinajstić information content (AvgIpc) is 2.48. The number of methoxy groups -OCH3 is 2. The molecule has 5 nitrogen and oxygen atoms in total. The molecule has 2 rings (SSSR count). The molecule has 20 heavy (non-hydrogen) atoms. The van der Waals surface area contributed by atoms with Gasteiger partial charge in [0.15, 0.2) is 0 Å². The molecule has 5 heteroatoms. The zero-order chi connectivity index (χ0) is 14.5. The fraction of sp³-hybridized carbons (Fsp3) is 0.533. The third-order valence-electron chi connectivity index (χ3n) is 3.65. The molecule has 0 radical (unpaired) electrons. The van der Waals surface area contributed by atoms with Crippen molar-refractivity contribution in [1.82, 2.24) is 10.6 Å². The first kappa shape index (κ1) is 14.7. The van der Waals surface area contributed by atoms with Crippen LogP contribution in [0.2, 0.25) is 0 Å². The van der Waals surface area contributed by atoms with E-state index >= 15 is 0 Å². The summed E-state index contributed by atoms with van der Waals surface area (Å²) in [5, 5.41) is 6.41. The van der Waals surface area contributed by atoms with E-state index in [0.29, 0.717) is 23.1 Å². The summed E-state index contributed by atoms with van der Waals surface area (Å²) in [4.78, 5) is 12.5. The highest BCUT2D eigenvalue weighted by molar-refractivity contribution is 5.99. The van der Waals surface area contributed by atoms with Crippen LogP contribution in [0.3, 0.4) is 0 Å². The molecule has 1 saturated heterocycles. The Bertz CT molecular complexity index is 446. The molecule has 0 saturated carbocycles. The minimum absolute atomic E-state index is 0.147. The Kier molecular flexibility index (Phi) is 4.84. The lowest BCUT2D eigenvalue weighted by molar-refractivity contribution is 0.0921. The minimum atomic E-state index is -0.152. The van der Waals surface area contributed by atoms with Crippen LogP contribution >= 0.6 is 0 Å². The van der Waals surface area contributed by atoms with Gasteiger partial charge in [0.25, 0.3) is 5.91 Å². The van der Waals surface area contributed by atoms with E-state index in [4.69, 9.17) is 9.47 Å². The molecule has 1 fully saturated rings. The van der Waals surface area contributed by atoms with Crippen LogP contribution in [0.15, 0.2) is 18.2 Å². The van der Waals surface area contributed by atoms with Crippen LogP contribution in [-0.4, -0.2) is 38.8 Å². The van der Waals surface area contributed by atoms with Crippen LogP contribution in [0.25, 0.3) is 0 Å². The summed E-state index contributed by atoms with van der Waals surface area (Å²) in [6.07, 6.45) is 2.05. The summed E-state index contributed by atoms with van der Waals surface area (Å²) in [6, 6.07) is 5.99. The van der Waals surface area contributed by atoms with Crippen LogP contribution in [0.5, 0.6) is 11.5 Å². The molecule has 1 aromatic carbocycles. The number of piperidine rings is 1. The maximum absolute atomic E-state index is 12.5. The Labute approximate surface area is 119 Å². The quantitative estimate of drug-likeness (QED) is 0.878. The molecule has 2 unspecified atom stereocenters. The van der Waals surface area contributed by atoms with Gasteiger partial charge in [-0.1, -0.05) is 6.07 Å². The monoisotopic (exact) mass is 278 g/mol. The van der Waals surface area contributed by atoms with E-state index in [9.17, 15) is 4.79 Å². The normalized spacial score (nSPS) is 22.1. The molecule has 2 atom stereocenters. The summed E-state index contributed by atoms with van der Waals surface area (Å²) >= 11 is 0. The molecule has 2 N–H and O–H groups in total. The summed E-state index contributed by atoms with van der Waals surface area (Å²) in [7, 11) is 3.10. The van der Waals surface area contributed by atoms with Crippen molar-refractivity contribution in [1.29, 1.82) is 0 Å². The van der Waals surface area contributed by atoms with Gasteiger partial charge in [-0.2, -0.15) is 0 Å². The van der Waals surface area contributed by atoms with Gasteiger partial charge in [0.2, 0.25) is 0 Å². The Morgan fingerprint density at radius 3 is 2.40 bits per heavy atom. The molecular formula is C15H22N2O3. The average molecular weight is 278 g/mol. The third kappa shape index (κ3) is 3.22. The van der Waals surface area contributed by atoms with Crippen LogP contribution < -0.4 is 20.1 Å². The number of rotatable bonds is 4. The number of hydrogen-bond acceptors (Lipinski definition) is 4. The van der Waals surface area contributed by atoms with Gasteiger partial charge in [-0.3, -0.25) is 4.79 Å². The van der Waals surface area contributed by atoms with Crippen LogP contribution in [0.1, 0.15) is 30.1 Å². The number of carbonyl (C=O) groups is 1. The van der Waals surface area contributed by atoms with Gasteiger partial charge < -0.3 is 20.1 Å². The zero-order valence-corrected chi connectivity index (χ0v) is 12.2. The molecule has 0 aromatic heterocycles. The highest BCUT2D eigenvalue weighted by atomic mass is 16.5. The summed E-state index contributed by atoms with van der Waals surface area (Å²) < 4.78 is 10.5. The number of amides is 1. The Morgan fingerprint density at radius 1 is 1.25 bits per heavy atom. The largest absolute Gasteiger partial charge is 0.496 e. The molecule has 1 heterocycles. The van der Waals surface area contributed by atoms with Crippen LogP contribution in [-0.2, 0) is 0 Å². The van der Waals surface area contributed by atoms with E-state index in [2.05, 4.69) is 17.6 Å². The predicted molar refractivity (Wildman–Crippen MR) is 77.5 cm³/mol. The number of benzene rings is 1. The first-order valence-electron chi connectivity index (χ1n) is 6.91. The molecule has 0 spiro atoms. The molecule has 1 aliphatic rings. The van der Waals surface area contributed by atoms with Gasteiger partial charge in [0.1, 0.15) is 17.1 Å². The number of carbonyl (C=O) groups excluding carboxylic acids is 1. The van der Waals surface area contributed by atoms with Crippen molar-refractivity contribution in [2.24, 2.45) is 0 Å². The van der Waals surface area contributed by atoms with Gasteiger partial charge >= 0.3 is 0 Å². The van der Waals surface area contributed by atoms with Crippen molar-refractivity contribution in [2.75, 3.05) is 20.8 Å². The number of ether oxygens (including phenoxy) is 2. The van der Waals surface area contributed by atoms with E-state index in [1.54, 1.807) is 32.4 Å². The predicted octanol–water partition coefficient (Wildman–Crippen LogP) is 1.57. The molecular weight excluding hydrogens is 256 g/mol. The number of nitrogens with one attached hydrogen (secondary N) is 2.